The molecule has 1 saturated heterocycles. The maximum Gasteiger partial charge on any atom is 0.416 e. The van der Waals surface area contributed by atoms with E-state index in [0.29, 0.717) is 11.8 Å². The lowest BCUT2D eigenvalue weighted by molar-refractivity contribution is -0.137. The Morgan fingerprint density at radius 2 is 1.90 bits per heavy atom. The second-order valence-corrected chi connectivity index (χ2v) is 8.82. The Labute approximate surface area is 166 Å². The van der Waals surface area contributed by atoms with Crippen molar-refractivity contribution in [2.45, 2.75) is 30.8 Å². The number of aromatic nitrogens is 1. The molecule has 10 heteroatoms. The average Bonchev–Trinajstić information content (AvgIpc) is 2.69. The van der Waals surface area contributed by atoms with Crippen molar-refractivity contribution in [1.29, 1.82) is 0 Å². The number of pyridine rings is 1. The number of amides is 1. The van der Waals surface area contributed by atoms with Crippen LogP contribution in [0.15, 0.2) is 47.6 Å². The van der Waals surface area contributed by atoms with Gasteiger partial charge in [0.05, 0.1) is 22.3 Å². The van der Waals surface area contributed by atoms with E-state index in [1.54, 1.807) is 18.5 Å². The van der Waals surface area contributed by atoms with Crippen molar-refractivity contribution in [3.8, 4) is 0 Å². The molecular weight excluding hydrogens is 407 g/mol. The molecule has 0 unspecified atom stereocenters. The van der Waals surface area contributed by atoms with Crippen LogP contribution in [0.2, 0.25) is 0 Å². The van der Waals surface area contributed by atoms with Crippen LogP contribution in [-0.4, -0.2) is 36.7 Å². The quantitative estimate of drug-likeness (QED) is 0.811. The predicted molar refractivity (Wildman–Crippen MR) is 101 cm³/mol. The van der Waals surface area contributed by atoms with E-state index in [4.69, 9.17) is 0 Å². The number of sulfonamides is 1. The van der Waals surface area contributed by atoms with Gasteiger partial charge in [-0.3, -0.25) is 9.78 Å². The van der Waals surface area contributed by atoms with Crippen molar-refractivity contribution in [2.75, 3.05) is 18.4 Å². The van der Waals surface area contributed by atoms with Crippen LogP contribution in [0, 0.1) is 12.8 Å². The smallest absolute Gasteiger partial charge is 0.324 e. The van der Waals surface area contributed by atoms with Gasteiger partial charge in [0.2, 0.25) is 15.9 Å². The van der Waals surface area contributed by atoms with Crippen LogP contribution >= 0.6 is 0 Å². The van der Waals surface area contributed by atoms with E-state index in [1.807, 2.05) is 6.92 Å². The van der Waals surface area contributed by atoms with Gasteiger partial charge in [0, 0.05) is 25.2 Å². The zero-order chi connectivity index (χ0) is 21.2. The van der Waals surface area contributed by atoms with Gasteiger partial charge in [0.15, 0.2) is 0 Å². The standard InChI is InChI=1S/C19H20F3N3O3S/c1-13-5-8-23-12-17(13)24-18(26)14-6-9-25(10-7-14)29(27,28)16-4-2-3-15(11-16)19(20,21)22/h2-5,8,11-12,14H,6-7,9-10H2,1H3,(H,24,26). The van der Waals surface area contributed by atoms with E-state index >= 15 is 0 Å². The molecule has 1 aromatic heterocycles. The van der Waals surface area contributed by atoms with Crippen LogP contribution in [-0.2, 0) is 21.0 Å². The minimum absolute atomic E-state index is 0.0582. The summed E-state index contributed by atoms with van der Waals surface area (Å²) in [7, 11) is -4.07. The molecule has 6 nitrogen and oxygen atoms in total. The van der Waals surface area contributed by atoms with Crippen LogP contribution in [0.4, 0.5) is 18.9 Å². The predicted octanol–water partition coefficient (Wildman–Crippen LogP) is 3.45. The molecule has 2 aromatic rings. The van der Waals surface area contributed by atoms with Gasteiger partial charge in [-0.2, -0.15) is 17.5 Å². The number of rotatable bonds is 4. The number of nitrogens with one attached hydrogen (secondary N) is 1. The lowest BCUT2D eigenvalue weighted by atomic mass is 9.97. The van der Waals surface area contributed by atoms with Crippen molar-refractivity contribution in [1.82, 2.24) is 9.29 Å². The topological polar surface area (TPSA) is 79.4 Å². The van der Waals surface area contributed by atoms with Gasteiger partial charge in [-0.25, -0.2) is 8.42 Å². The van der Waals surface area contributed by atoms with E-state index < -0.39 is 26.7 Å². The summed E-state index contributed by atoms with van der Waals surface area (Å²) < 4.78 is 65.2. The average molecular weight is 427 g/mol. The van der Waals surface area contributed by atoms with Gasteiger partial charge < -0.3 is 5.32 Å². The number of anilines is 1. The largest absolute Gasteiger partial charge is 0.416 e. The molecule has 0 saturated carbocycles. The first-order chi connectivity index (χ1) is 13.6. The molecule has 0 spiro atoms. The van der Waals surface area contributed by atoms with E-state index in [1.165, 1.54) is 0 Å². The molecule has 0 atom stereocenters. The Kier molecular flexibility index (Phi) is 5.95. The maximum atomic E-state index is 12.9. The number of hydrogen-bond acceptors (Lipinski definition) is 4. The van der Waals surface area contributed by atoms with E-state index in [9.17, 15) is 26.4 Å². The molecule has 1 aliphatic heterocycles. The Morgan fingerprint density at radius 3 is 2.52 bits per heavy atom. The van der Waals surface area contributed by atoms with E-state index in [-0.39, 0.29) is 37.8 Å². The molecule has 1 aliphatic rings. The second kappa shape index (κ2) is 8.11. The number of alkyl halides is 3. The molecule has 3 rings (SSSR count). The van der Waals surface area contributed by atoms with E-state index in [0.717, 1.165) is 28.1 Å². The van der Waals surface area contributed by atoms with Crippen molar-refractivity contribution >= 4 is 21.6 Å². The molecule has 0 bridgehead atoms. The number of halogens is 3. The number of aryl methyl sites for hydroxylation is 1. The third-order valence-electron chi connectivity index (χ3n) is 4.92. The third kappa shape index (κ3) is 4.76. The summed E-state index contributed by atoms with van der Waals surface area (Å²) in [4.78, 5) is 16.0. The van der Waals surface area contributed by atoms with E-state index in [2.05, 4.69) is 10.3 Å². The molecule has 1 N–H and O–H groups in total. The van der Waals surface area contributed by atoms with Crippen molar-refractivity contribution in [2.24, 2.45) is 5.92 Å². The van der Waals surface area contributed by atoms with Gasteiger partial charge in [0.1, 0.15) is 0 Å². The highest BCUT2D eigenvalue weighted by Gasteiger charge is 2.35. The number of nitrogens with zero attached hydrogens (tertiary/aromatic N) is 2. The summed E-state index contributed by atoms with van der Waals surface area (Å²) in [5.74, 6) is -0.611. The molecule has 1 fully saturated rings. The zero-order valence-corrected chi connectivity index (χ0v) is 16.4. The van der Waals surface area contributed by atoms with Crippen LogP contribution in [0.5, 0.6) is 0 Å². The second-order valence-electron chi connectivity index (χ2n) is 6.88. The fourth-order valence-corrected chi connectivity index (χ4v) is 4.69. The summed E-state index contributed by atoms with van der Waals surface area (Å²) in [5, 5.41) is 2.79. The molecule has 0 radical (unpaired) electrons. The monoisotopic (exact) mass is 427 g/mol. The number of carbonyl (C=O) groups excluding carboxylic acids is 1. The minimum Gasteiger partial charge on any atom is -0.324 e. The third-order valence-corrected chi connectivity index (χ3v) is 6.82. The van der Waals surface area contributed by atoms with Gasteiger partial charge >= 0.3 is 6.18 Å². The Hall–Kier alpha value is -2.46. The molecule has 156 valence electrons. The van der Waals surface area contributed by atoms with Crippen LogP contribution in [0.1, 0.15) is 24.0 Å². The fourth-order valence-electron chi connectivity index (χ4n) is 3.17. The van der Waals surface area contributed by atoms with Crippen LogP contribution in [0.3, 0.4) is 0 Å². The summed E-state index contributed by atoms with van der Waals surface area (Å²) in [5.41, 5.74) is 0.439. The normalized spacial score (nSPS) is 16.6. The number of carbonyl (C=O) groups is 1. The molecule has 1 aromatic carbocycles. The van der Waals surface area contributed by atoms with Gasteiger partial charge in [-0.05, 0) is 49.6 Å². The Morgan fingerprint density at radius 1 is 1.21 bits per heavy atom. The SMILES string of the molecule is Cc1ccncc1NC(=O)C1CCN(S(=O)(=O)c2cccc(C(F)(F)F)c2)CC1. The molecule has 2 heterocycles. The number of hydrogen-bond donors (Lipinski definition) is 1. The van der Waals surface area contributed by atoms with Crippen LogP contribution < -0.4 is 5.32 Å². The zero-order valence-electron chi connectivity index (χ0n) is 15.6. The first-order valence-electron chi connectivity index (χ1n) is 8.98. The minimum atomic E-state index is -4.62. The van der Waals surface area contributed by atoms with Gasteiger partial charge in [0.25, 0.3) is 0 Å². The van der Waals surface area contributed by atoms with Gasteiger partial charge in [-0.15, -0.1) is 0 Å². The summed E-state index contributed by atoms with van der Waals surface area (Å²) in [6.45, 7) is 1.95. The van der Waals surface area contributed by atoms with Crippen molar-refractivity contribution in [3.63, 3.8) is 0 Å². The molecule has 0 aliphatic carbocycles. The highest BCUT2D eigenvalue weighted by atomic mass is 32.2. The van der Waals surface area contributed by atoms with Crippen molar-refractivity contribution < 1.29 is 26.4 Å². The molecular formula is C19H20F3N3O3S. The number of piperidine rings is 1. The summed E-state index contributed by atoms with van der Waals surface area (Å²) in [6.07, 6.45) is -0.906. The highest BCUT2D eigenvalue weighted by Crippen LogP contribution is 2.32. The maximum absolute atomic E-state index is 12.9. The molecule has 1 amide bonds. The van der Waals surface area contributed by atoms with Gasteiger partial charge in [-0.1, -0.05) is 6.07 Å². The first-order valence-corrected chi connectivity index (χ1v) is 10.4. The lowest BCUT2D eigenvalue weighted by Crippen LogP contribution is -2.41. The Balaban J connectivity index is 1.67. The van der Waals surface area contributed by atoms with Crippen molar-refractivity contribution in [3.05, 3.63) is 53.9 Å². The van der Waals surface area contributed by atoms with Crippen LogP contribution in [0.25, 0.3) is 0 Å². The first kappa shape index (κ1) is 21.3. The molecule has 29 heavy (non-hydrogen) atoms. The summed E-state index contributed by atoms with van der Waals surface area (Å²) in [6, 6.07) is 5.45. The fraction of sp³-hybridized carbons (Fsp3) is 0.368. The Bertz CT molecular complexity index is 1000. The number of benzene rings is 1. The highest BCUT2D eigenvalue weighted by molar-refractivity contribution is 7.89. The summed E-state index contributed by atoms with van der Waals surface area (Å²) >= 11 is 0. The lowest BCUT2D eigenvalue weighted by Gasteiger charge is -2.30.